The third kappa shape index (κ3) is 2.44. The summed E-state index contributed by atoms with van der Waals surface area (Å²) in [6.45, 7) is 8.49. The maximum absolute atomic E-state index is 9.11. The molecule has 1 aliphatic rings. The van der Waals surface area contributed by atoms with Crippen LogP contribution >= 0.6 is 0 Å². The zero-order chi connectivity index (χ0) is 11.5. The largest absolute Gasteiger partial charge is 0.396 e. The minimum absolute atomic E-state index is 0.322. The average Bonchev–Trinajstić information content (AvgIpc) is 2.85. The van der Waals surface area contributed by atoms with Crippen LogP contribution in [-0.4, -0.2) is 39.5 Å². The molecule has 1 aliphatic heterocycles. The van der Waals surface area contributed by atoms with Gasteiger partial charge < -0.3 is 5.11 Å². The number of nitrogens with zero attached hydrogens (tertiary/aromatic N) is 3. The standard InChI is InChI=1S/C12H21N3O/c1-3-15-12(6-10(2)13-15)8-14-5-4-11(7-14)9-16/h6,11,16H,3-5,7-9H2,1-2H3. The molecule has 4 nitrogen and oxygen atoms in total. The van der Waals surface area contributed by atoms with E-state index < -0.39 is 0 Å². The van der Waals surface area contributed by atoms with Crippen molar-refractivity contribution >= 4 is 0 Å². The van der Waals surface area contributed by atoms with Gasteiger partial charge in [0.05, 0.1) is 11.4 Å². The molecule has 16 heavy (non-hydrogen) atoms. The van der Waals surface area contributed by atoms with Gasteiger partial charge >= 0.3 is 0 Å². The van der Waals surface area contributed by atoms with Gasteiger partial charge in [0, 0.05) is 26.2 Å². The minimum Gasteiger partial charge on any atom is -0.396 e. The number of aryl methyl sites for hydroxylation is 2. The highest BCUT2D eigenvalue weighted by molar-refractivity contribution is 5.09. The molecule has 2 rings (SSSR count). The fraction of sp³-hybridized carbons (Fsp3) is 0.750. The van der Waals surface area contributed by atoms with Crippen LogP contribution in [0.3, 0.4) is 0 Å². The Labute approximate surface area is 96.9 Å². The van der Waals surface area contributed by atoms with E-state index in [0.29, 0.717) is 12.5 Å². The lowest BCUT2D eigenvalue weighted by molar-refractivity contribution is 0.219. The Morgan fingerprint density at radius 1 is 1.56 bits per heavy atom. The van der Waals surface area contributed by atoms with Crippen LogP contribution in [0.25, 0.3) is 0 Å². The molecule has 0 radical (unpaired) electrons. The smallest absolute Gasteiger partial charge is 0.0597 e. The van der Waals surface area contributed by atoms with E-state index in [4.69, 9.17) is 5.11 Å². The van der Waals surface area contributed by atoms with Crippen LogP contribution in [0.1, 0.15) is 24.7 Å². The highest BCUT2D eigenvalue weighted by Gasteiger charge is 2.22. The molecule has 4 heteroatoms. The van der Waals surface area contributed by atoms with Gasteiger partial charge in [0.25, 0.3) is 0 Å². The van der Waals surface area contributed by atoms with Crippen molar-refractivity contribution < 1.29 is 5.11 Å². The van der Waals surface area contributed by atoms with Gasteiger partial charge in [0.15, 0.2) is 0 Å². The molecular formula is C12H21N3O. The van der Waals surface area contributed by atoms with Gasteiger partial charge in [-0.1, -0.05) is 0 Å². The van der Waals surface area contributed by atoms with Crippen molar-refractivity contribution in [2.45, 2.75) is 33.4 Å². The van der Waals surface area contributed by atoms with E-state index in [-0.39, 0.29) is 0 Å². The summed E-state index contributed by atoms with van der Waals surface area (Å²) in [6.07, 6.45) is 1.12. The molecule has 1 saturated heterocycles. The van der Waals surface area contributed by atoms with E-state index >= 15 is 0 Å². The summed E-state index contributed by atoms with van der Waals surface area (Å²) < 4.78 is 2.07. The predicted octanol–water partition coefficient (Wildman–Crippen LogP) is 1.03. The average molecular weight is 223 g/mol. The van der Waals surface area contributed by atoms with Crippen molar-refractivity contribution in [3.05, 3.63) is 17.5 Å². The first kappa shape index (κ1) is 11.6. The Bertz CT molecular complexity index is 348. The van der Waals surface area contributed by atoms with Crippen LogP contribution < -0.4 is 0 Å². The van der Waals surface area contributed by atoms with E-state index in [9.17, 15) is 0 Å². The number of aromatic nitrogens is 2. The van der Waals surface area contributed by atoms with Gasteiger partial charge in [0.2, 0.25) is 0 Å². The predicted molar refractivity (Wildman–Crippen MR) is 63.1 cm³/mol. The summed E-state index contributed by atoms with van der Waals surface area (Å²) in [7, 11) is 0. The van der Waals surface area contributed by atoms with Crippen LogP contribution in [0.4, 0.5) is 0 Å². The number of hydrogen-bond donors (Lipinski definition) is 1. The molecule has 1 fully saturated rings. The van der Waals surface area contributed by atoms with E-state index in [1.54, 1.807) is 0 Å². The van der Waals surface area contributed by atoms with Crippen molar-refractivity contribution in [1.29, 1.82) is 0 Å². The third-order valence-corrected chi connectivity index (χ3v) is 3.30. The van der Waals surface area contributed by atoms with Gasteiger partial charge in [-0.15, -0.1) is 0 Å². The van der Waals surface area contributed by atoms with Gasteiger partial charge in [-0.2, -0.15) is 5.10 Å². The van der Waals surface area contributed by atoms with Gasteiger partial charge in [-0.3, -0.25) is 9.58 Å². The van der Waals surface area contributed by atoms with Crippen molar-refractivity contribution in [2.24, 2.45) is 5.92 Å². The maximum Gasteiger partial charge on any atom is 0.0597 e. The second-order valence-electron chi connectivity index (χ2n) is 4.67. The molecule has 0 spiro atoms. The van der Waals surface area contributed by atoms with Crippen molar-refractivity contribution in [1.82, 2.24) is 14.7 Å². The lowest BCUT2D eigenvalue weighted by Crippen LogP contribution is -2.22. The van der Waals surface area contributed by atoms with E-state index in [0.717, 1.165) is 38.3 Å². The first-order valence-electron chi connectivity index (χ1n) is 6.09. The van der Waals surface area contributed by atoms with Crippen LogP contribution in [-0.2, 0) is 13.1 Å². The summed E-state index contributed by atoms with van der Waals surface area (Å²) in [4.78, 5) is 2.41. The van der Waals surface area contributed by atoms with Crippen molar-refractivity contribution in [3.8, 4) is 0 Å². The van der Waals surface area contributed by atoms with Crippen LogP contribution in [0, 0.1) is 12.8 Å². The summed E-state index contributed by atoms with van der Waals surface area (Å²) in [6, 6.07) is 2.16. The number of rotatable bonds is 4. The fourth-order valence-corrected chi connectivity index (χ4v) is 2.43. The molecule has 1 unspecified atom stereocenters. The maximum atomic E-state index is 9.11. The van der Waals surface area contributed by atoms with E-state index in [1.165, 1.54) is 5.69 Å². The van der Waals surface area contributed by atoms with Crippen LogP contribution in [0.5, 0.6) is 0 Å². The summed E-state index contributed by atoms with van der Waals surface area (Å²) in [5, 5.41) is 13.6. The molecule has 1 aromatic heterocycles. The number of likely N-dealkylation sites (tertiary alicyclic amines) is 1. The normalized spacial score (nSPS) is 21.8. The first-order chi connectivity index (χ1) is 7.72. The summed E-state index contributed by atoms with van der Waals surface area (Å²) in [5.74, 6) is 0.471. The number of hydrogen-bond acceptors (Lipinski definition) is 3. The molecule has 2 heterocycles. The highest BCUT2D eigenvalue weighted by atomic mass is 16.3. The molecule has 0 aromatic carbocycles. The second-order valence-corrected chi connectivity index (χ2v) is 4.67. The monoisotopic (exact) mass is 223 g/mol. The number of aliphatic hydroxyl groups is 1. The van der Waals surface area contributed by atoms with Crippen molar-refractivity contribution in [2.75, 3.05) is 19.7 Å². The Hall–Kier alpha value is -0.870. The van der Waals surface area contributed by atoms with Crippen LogP contribution in [0.15, 0.2) is 6.07 Å². The Kier molecular flexibility index (Phi) is 3.61. The Morgan fingerprint density at radius 3 is 3.00 bits per heavy atom. The zero-order valence-corrected chi connectivity index (χ0v) is 10.2. The minimum atomic E-state index is 0.322. The lowest BCUT2D eigenvalue weighted by atomic mass is 10.1. The molecule has 0 saturated carbocycles. The molecule has 1 atom stereocenters. The van der Waals surface area contributed by atoms with Crippen molar-refractivity contribution in [3.63, 3.8) is 0 Å². The molecule has 1 N–H and O–H groups in total. The molecule has 90 valence electrons. The van der Waals surface area contributed by atoms with E-state index in [1.807, 2.05) is 6.92 Å². The second kappa shape index (κ2) is 4.97. The molecule has 1 aromatic rings. The van der Waals surface area contributed by atoms with Crippen LogP contribution in [0.2, 0.25) is 0 Å². The summed E-state index contributed by atoms with van der Waals surface area (Å²) in [5.41, 5.74) is 2.38. The molecule has 0 aliphatic carbocycles. The Balaban J connectivity index is 1.98. The zero-order valence-electron chi connectivity index (χ0n) is 10.2. The molecule has 0 bridgehead atoms. The quantitative estimate of drug-likeness (QED) is 0.828. The third-order valence-electron chi connectivity index (χ3n) is 3.30. The van der Waals surface area contributed by atoms with E-state index in [2.05, 4.69) is 27.7 Å². The first-order valence-corrected chi connectivity index (χ1v) is 6.09. The molecular weight excluding hydrogens is 202 g/mol. The fourth-order valence-electron chi connectivity index (χ4n) is 2.43. The SMILES string of the molecule is CCn1nc(C)cc1CN1CCC(CO)C1. The topological polar surface area (TPSA) is 41.3 Å². The Morgan fingerprint density at radius 2 is 2.38 bits per heavy atom. The van der Waals surface area contributed by atoms with Gasteiger partial charge in [-0.25, -0.2) is 0 Å². The number of aliphatic hydroxyl groups excluding tert-OH is 1. The molecule has 0 amide bonds. The lowest BCUT2D eigenvalue weighted by Gasteiger charge is -2.15. The van der Waals surface area contributed by atoms with Gasteiger partial charge in [-0.05, 0) is 38.8 Å². The highest BCUT2D eigenvalue weighted by Crippen LogP contribution is 2.18. The van der Waals surface area contributed by atoms with Gasteiger partial charge in [0.1, 0.15) is 0 Å². The summed E-state index contributed by atoms with van der Waals surface area (Å²) >= 11 is 0.